The molecule has 2 atom stereocenters. The first-order valence-corrected chi connectivity index (χ1v) is 20.4. The van der Waals surface area contributed by atoms with Gasteiger partial charge in [-0.25, -0.2) is 19.3 Å². The third-order valence-electron chi connectivity index (χ3n) is 9.62. The standard InChI is InChI=1S/C21H28N4O2.C20H26N4O2.2C2H6/c1-12(2)15-7-9-16(10-8-15)19(13(3)4)25-20-18(17(24-25)11-27-6)21(26)23-14(5)22-20;1-11(2)14-6-8-15(9-7-14)18(12(3)4)24-19-17(16(10-25)23-24)20(26)22-13(5)21-19;2*1-2/h7-10,12-13,19H,11H2,1-6H3,(H,22,23,26);6-9,11-12,18,25H,10H2,1-5H3,(H,21,22,26);2*1-2H3. The molecule has 0 bridgehead atoms. The molecule has 4 aromatic heterocycles. The third kappa shape index (κ3) is 10.5. The Morgan fingerprint density at radius 2 is 0.930 bits per heavy atom. The molecule has 0 spiro atoms. The van der Waals surface area contributed by atoms with Gasteiger partial charge in [-0.2, -0.15) is 10.2 Å². The van der Waals surface area contributed by atoms with Crippen molar-refractivity contribution in [2.45, 2.75) is 134 Å². The maximum atomic E-state index is 12.6. The van der Waals surface area contributed by atoms with Crippen molar-refractivity contribution < 1.29 is 9.84 Å². The van der Waals surface area contributed by atoms with Gasteiger partial charge in [0.15, 0.2) is 11.3 Å². The molecule has 0 aliphatic carbocycles. The molecule has 2 aromatic carbocycles. The summed E-state index contributed by atoms with van der Waals surface area (Å²) in [4.78, 5) is 39.5. The van der Waals surface area contributed by atoms with Crippen LogP contribution in [0.1, 0.15) is 152 Å². The molecular formula is C45H66N8O4. The zero-order chi connectivity index (χ0) is 42.7. The number of rotatable bonds is 11. The first kappa shape index (κ1) is 46.4. The van der Waals surface area contributed by atoms with Crippen molar-refractivity contribution in [3.8, 4) is 0 Å². The van der Waals surface area contributed by atoms with Crippen molar-refractivity contribution in [3.63, 3.8) is 0 Å². The van der Waals surface area contributed by atoms with Crippen molar-refractivity contribution in [2.24, 2.45) is 11.8 Å². The zero-order valence-electron chi connectivity index (χ0n) is 36.9. The number of fused-ring (bicyclic) bond motifs is 2. The summed E-state index contributed by atoms with van der Waals surface area (Å²) in [6.45, 7) is 28.8. The van der Waals surface area contributed by atoms with Crippen LogP contribution in [-0.2, 0) is 18.0 Å². The lowest BCUT2D eigenvalue weighted by Crippen LogP contribution is -2.19. The maximum Gasteiger partial charge on any atom is 0.262 e. The van der Waals surface area contributed by atoms with Crippen molar-refractivity contribution >= 4 is 22.1 Å². The topological polar surface area (TPSA) is 157 Å². The molecule has 0 aliphatic heterocycles. The average molecular weight is 783 g/mol. The summed E-state index contributed by atoms with van der Waals surface area (Å²) < 4.78 is 8.95. The lowest BCUT2D eigenvalue weighted by Gasteiger charge is -2.23. The van der Waals surface area contributed by atoms with E-state index in [1.807, 2.05) is 32.4 Å². The van der Waals surface area contributed by atoms with Crippen molar-refractivity contribution in [1.82, 2.24) is 39.5 Å². The minimum atomic E-state index is -0.297. The molecule has 4 heterocycles. The van der Waals surface area contributed by atoms with E-state index >= 15 is 0 Å². The Hall–Kier alpha value is -4.94. The lowest BCUT2D eigenvalue weighted by molar-refractivity contribution is 0.181. The number of methoxy groups -OCH3 is 1. The summed E-state index contributed by atoms with van der Waals surface area (Å²) in [6, 6.07) is 17.1. The Labute approximate surface area is 338 Å². The minimum absolute atomic E-state index is 0.0204. The number of aliphatic hydroxyl groups excluding tert-OH is 1. The van der Waals surface area contributed by atoms with Crippen LogP contribution in [0.15, 0.2) is 58.1 Å². The average Bonchev–Trinajstić information content (AvgIpc) is 3.72. The highest BCUT2D eigenvalue weighted by molar-refractivity contribution is 5.78. The maximum absolute atomic E-state index is 12.6. The first-order chi connectivity index (χ1) is 27.2. The number of hydrogen-bond acceptors (Lipinski definition) is 8. The van der Waals surface area contributed by atoms with Gasteiger partial charge in [0.05, 0.1) is 25.3 Å². The van der Waals surface area contributed by atoms with Crippen LogP contribution in [0.25, 0.3) is 22.1 Å². The SMILES string of the molecule is CC.CC.COCc1nn(C(c2ccc(C(C)C)cc2)C(C)C)c2nc(C)[nH]c(=O)c12.Cc1nc2c(c(CO)nn2C(c2ccc(C(C)C)cc2)C(C)C)c(=O)[nH]1. The van der Waals surface area contributed by atoms with Crippen LogP contribution in [0, 0.1) is 25.7 Å². The fourth-order valence-corrected chi connectivity index (χ4v) is 6.96. The van der Waals surface area contributed by atoms with E-state index in [-0.39, 0.29) is 48.3 Å². The van der Waals surface area contributed by atoms with Crippen LogP contribution in [-0.4, -0.2) is 51.7 Å². The minimum Gasteiger partial charge on any atom is -0.390 e. The molecule has 0 radical (unpaired) electrons. The molecule has 310 valence electrons. The van der Waals surface area contributed by atoms with Crippen LogP contribution >= 0.6 is 0 Å². The highest BCUT2D eigenvalue weighted by Crippen LogP contribution is 2.32. The molecule has 57 heavy (non-hydrogen) atoms. The molecule has 0 saturated heterocycles. The smallest absolute Gasteiger partial charge is 0.262 e. The van der Waals surface area contributed by atoms with Gasteiger partial charge in [0.2, 0.25) is 0 Å². The largest absolute Gasteiger partial charge is 0.390 e. The molecule has 0 aliphatic rings. The van der Waals surface area contributed by atoms with Gasteiger partial charge >= 0.3 is 0 Å². The summed E-state index contributed by atoms with van der Waals surface area (Å²) in [6.07, 6.45) is 0. The number of aryl methyl sites for hydroxylation is 2. The van der Waals surface area contributed by atoms with E-state index in [4.69, 9.17) is 9.84 Å². The summed E-state index contributed by atoms with van der Waals surface area (Å²) in [5.41, 5.74) is 6.51. The molecule has 6 rings (SSSR count). The third-order valence-corrected chi connectivity index (χ3v) is 9.62. The van der Waals surface area contributed by atoms with Crippen molar-refractivity contribution in [2.75, 3.05) is 7.11 Å². The highest BCUT2D eigenvalue weighted by Gasteiger charge is 2.27. The van der Waals surface area contributed by atoms with Gasteiger partial charge < -0.3 is 19.8 Å². The number of H-pyrrole nitrogens is 2. The number of ether oxygens (including phenoxy) is 1. The zero-order valence-corrected chi connectivity index (χ0v) is 36.9. The molecule has 0 saturated carbocycles. The van der Waals surface area contributed by atoms with Gasteiger partial charge in [0.1, 0.15) is 33.8 Å². The number of aromatic nitrogens is 8. The van der Waals surface area contributed by atoms with Crippen LogP contribution < -0.4 is 11.1 Å². The van der Waals surface area contributed by atoms with E-state index in [1.165, 1.54) is 11.1 Å². The number of aromatic amines is 2. The predicted molar refractivity (Wildman–Crippen MR) is 232 cm³/mol. The molecule has 0 amide bonds. The summed E-state index contributed by atoms with van der Waals surface area (Å²) in [5, 5.41) is 19.8. The fraction of sp³-hybridized carbons (Fsp3) is 0.511. The van der Waals surface area contributed by atoms with Crippen LogP contribution in [0.2, 0.25) is 0 Å². The number of benzene rings is 2. The Balaban J connectivity index is 0.000000281. The van der Waals surface area contributed by atoms with Gasteiger partial charge in [-0.05, 0) is 59.8 Å². The summed E-state index contributed by atoms with van der Waals surface area (Å²) >= 11 is 0. The quantitative estimate of drug-likeness (QED) is 0.117. The van der Waals surface area contributed by atoms with E-state index in [0.29, 0.717) is 56.9 Å². The number of aliphatic hydroxyl groups is 1. The lowest BCUT2D eigenvalue weighted by atomic mass is 9.93. The molecule has 6 aromatic rings. The van der Waals surface area contributed by atoms with E-state index in [2.05, 4.69) is 129 Å². The predicted octanol–water partition coefficient (Wildman–Crippen LogP) is 9.28. The van der Waals surface area contributed by atoms with Crippen molar-refractivity contribution in [1.29, 1.82) is 0 Å². The summed E-state index contributed by atoms with van der Waals surface area (Å²) in [7, 11) is 1.60. The van der Waals surface area contributed by atoms with Crippen LogP contribution in [0.3, 0.4) is 0 Å². The Morgan fingerprint density at radius 3 is 1.25 bits per heavy atom. The molecule has 12 heteroatoms. The normalized spacial score (nSPS) is 12.4. The van der Waals surface area contributed by atoms with Gasteiger partial charge in [-0.1, -0.05) is 132 Å². The second kappa shape index (κ2) is 21.0. The number of nitrogens with zero attached hydrogens (tertiary/aromatic N) is 6. The molecular weight excluding hydrogens is 717 g/mol. The van der Waals surface area contributed by atoms with Crippen LogP contribution in [0.4, 0.5) is 0 Å². The Morgan fingerprint density at radius 1 is 0.596 bits per heavy atom. The van der Waals surface area contributed by atoms with E-state index in [0.717, 1.165) is 11.1 Å². The van der Waals surface area contributed by atoms with E-state index < -0.39 is 0 Å². The van der Waals surface area contributed by atoms with E-state index in [9.17, 15) is 14.7 Å². The number of hydrogen-bond donors (Lipinski definition) is 3. The monoisotopic (exact) mass is 783 g/mol. The molecule has 12 nitrogen and oxygen atoms in total. The Kier molecular flexibility index (Phi) is 17.1. The van der Waals surface area contributed by atoms with Gasteiger partial charge in [-0.15, -0.1) is 0 Å². The first-order valence-electron chi connectivity index (χ1n) is 20.4. The fourth-order valence-electron chi connectivity index (χ4n) is 6.96. The van der Waals surface area contributed by atoms with Gasteiger partial charge in [-0.3, -0.25) is 9.59 Å². The highest BCUT2D eigenvalue weighted by atomic mass is 16.5. The van der Waals surface area contributed by atoms with Gasteiger partial charge in [0.25, 0.3) is 11.1 Å². The Bertz CT molecular complexity index is 2280. The van der Waals surface area contributed by atoms with E-state index in [1.54, 1.807) is 25.6 Å². The van der Waals surface area contributed by atoms with Crippen LogP contribution in [0.5, 0.6) is 0 Å². The summed E-state index contributed by atoms with van der Waals surface area (Å²) in [5.74, 6) is 2.57. The second-order valence-electron chi connectivity index (χ2n) is 15.1. The van der Waals surface area contributed by atoms with Gasteiger partial charge in [0, 0.05) is 7.11 Å². The number of nitrogens with one attached hydrogen (secondary N) is 2. The molecule has 0 fully saturated rings. The van der Waals surface area contributed by atoms with Crippen molar-refractivity contribution in [3.05, 3.63) is 115 Å². The second-order valence-corrected chi connectivity index (χ2v) is 15.1. The molecule has 2 unspecified atom stereocenters. The molecule has 3 N–H and O–H groups in total.